The van der Waals surface area contributed by atoms with Gasteiger partial charge in [-0.1, -0.05) is 24.3 Å². The van der Waals surface area contributed by atoms with Crippen molar-refractivity contribution in [3.05, 3.63) is 138 Å². The van der Waals surface area contributed by atoms with E-state index in [4.69, 9.17) is 9.97 Å². The summed E-state index contributed by atoms with van der Waals surface area (Å²) in [5.41, 5.74) is 12.3. The standard InChI is InChI=1S/C44H26Br4N4O4/c45-25-17-21(1-13-37(25)53)41-29-5-7-31(49-29)42(22-2-14-38(54)26(46)18-22)33-9-11-35(51-33)44(24-4-16-40(56)28(48)20-24)36-12-10-34(52-36)43(32-8-6-30(41)50-32)23-3-15-39(55)27(47)19-23/h1-20,49,52-56H. The zero-order valence-corrected chi connectivity index (χ0v) is 35.1. The van der Waals surface area contributed by atoms with Crippen molar-refractivity contribution >= 4 is 110 Å². The van der Waals surface area contributed by atoms with E-state index in [-0.39, 0.29) is 23.0 Å². The molecule has 0 amide bonds. The number of hydrogen-bond acceptors (Lipinski definition) is 6. The van der Waals surface area contributed by atoms with E-state index >= 15 is 0 Å². The van der Waals surface area contributed by atoms with Crippen LogP contribution in [0.3, 0.4) is 0 Å². The normalized spacial score (nSPS) is 12.1. The lowest BCUT2D eigenvalue weighted by molar-refractivity contribution is 0.471. The van der Waals surface area contributed by atoms with E-state index in [0.717, 1.165) is 66.6 Å². The Balaban J connectivity index is 1.48. The number of aromatic nitrogens is 4. The monoisotopic (exact) mass is 990 g/mol. The third-order valence-electron chi connectivity index (χ3n) is 9.70. The Kier molecular flexibility index (Phi) is 9.24. The number of hydrogen-bond donors (Lipinski definition) is 6. The van der Waals surface area contributed by atoms with Gasteiger partial charge in [-0.05, 0) is 183 Å². The lowest BCUT2D eigenvalue weighted by atomic mass is 10.0. The minimum absolute atomic E-state index is 0.115. The molecule has 8 bridgehead atoms. The second-order valence-electron chi connectivity index (χ2n) is 13.2. The maximum Gasteiger partial charge on any atom is 0.129 e. The van der Waals surface area contributed by atoms with Crippen molar-refractivity contribution in [3.8, 4) is 67.5 Å². The highest BCUT2D eigenvalue weighted by Crippen LogP contribution is 2.42. The molecule has 0 aliphatic carbocycles. The molecule has 0 radical (unpaired) electrons. The van der Waals surface area contributed by atoms with Gasteiger partial charge >= 0.3 is 0 Å². The largest absolute Gasteiger partial charge is 0.507 e. The van der Waals surface area contributed by atoms with E-state index in [1.54, 1.807) is 24.3 Å². The van der Waals surface area contributed by atoms with E-state index in [2.05, 4.69) is 73.7 Å². The van der Waals surface area contributed by atoms with E-state index in [1.165, 1.54) is 0 Å². The van der Waals surface area contributed by atoms with E-state index in [0.29, 0.717) is 40.7 Å². The number of aromatic amines is 2. The van der Waals surface area contributed by atoms with Crippen molar-refractivity contribution in [2.45, 2.75) is 0 Å². The molecule has 6 N–H and O–H groups in total. The average molecular weight is 994 g/mol. The minimum atomic E-state index is 0.115. The quantitative estimate of drug-likeness (QED) is 0.104. The highest BCUT2D eigenvalue weighted by Gasteiger charge is 2.20. The number of phenolic OH excluding ortho intramolecular Hbond substituents is 4. The highest BCUT2D eigenvalue weighted by atomic mass is 79.9. The van der Waals surface area contributed by atoms with Gasteiger partial charge in [-0.25, -0.2) is 9.97 Å². The van der Waals surface area contributed by atoms with Crippen LogP contribution in [0.15, 0.2) is 115 Å². The van der Waals surface area contributed by atoms with Gasteiger partial charge in [0.05, 0.1) is 40.7 Å². The summed E-state index contributed by atoms with van der Waals surface area (Å²) in [6.45, 7) is 0. The summed E-state index contributed by atoms with van der Waals surface area (Å²) in [6, 6.07) is 29.5. The Labute approximate surface area is 353 Å². The van der Waals surface area contributed by atoms with Crippen LogP contribution < -0.4 is 0 Å². The molecule has 0 unspecified atom stereocenters. The van der Waals surface area contributed by atoms with Crippen molar-refractivity contribution in [3.63, 3.8) is 0 Å². The summed E-state index contributed by atoms with van der Waals surface area (Å²) < 4.78 is 2.15. The summed E-state index contributed by atoms with van der Waals surface area (Å²) in [4.78, 5) is 17.9. The van der Waals surface area contributed by atoms with Crippen LogP contribution in [-0.4, -0.2) is 40.4 Å². The predicted octanol–water partition coefficient (Wildman–Crippen LogP) is 13.2. The summed E-state index contributed by atoms with van der Waals surface area (Å²) in [5.74, 6) is 0.461. The molecule has 12 heteroatoms. The fraction of sp³-hybridized carbons (Fsp3) is 0. The van der Waals surface area contributed by atoms with Gasteiger partial charge in [-0.2, -0.15) is 0 Å². The number of rotatable bonds is 4. The molecule has 2 aliphatic rings. The van der Waals surface area contributed by atoms with Crippen LogP contribution in [0.1, 0.15) is 22.8 Å². The Morgan fingerprint density at radius 2 is 0.571 bits per heavy atom. The van der Waals surface area contributed by atoms with Crippen LogP contribution in [0.4, 0.5) is 0 Å². The smallest absolute Gasteiger partial charge is 0.129 e. The fourth-order valence-electron chi connectivity index (χ4n) is 7.07. The van der Waals surface area contributed by atoms with Gasteiger partial charge in [0, 0.05) is 44.3 Å². The van der Waals surface area contributed by atoms with Crippen LogP contribution in [0.5, 0.6) is 23.0 Å². The molecule has 3 aromatic heterocycles. The van der Waals surface area contributed by atoms with Gasteiger partial charge in [0.25, 0.3) is 0 Å². The number of nitrogens with zero attached hydrogens (tertiary/aromatic N) is 2. The first-order valence-corrected chi connectivity index (χ1v) is 20.3. The number of H-pyrrole nitrogens is 2. The summed E-state index contributed by atoms with van der Waals surface area (Å²) >= 11 is 14.1. The summed E-state index contributed by atoms with van der Waals surface area (Å²) in [7, 11) is 0. The molecule has 4 aromatic carbocycles. The molecule has 56 heavy (non-hydrogen) atoms. The third kappa shape index (κ3) is 6.46. The molecular weight excluding hydrogens is 968 g/mol. The van der Waals surface area contributed by atoms with Crippen LogP contribution in [-0.2, 0) is 0 Å². The molecule has 0 saturated heterocycles. The van der Waals surface area contributed by atoms with Gasteiger partial charge in [-0.3, -0.25) is 0 Å². The van der Waals surface area contributed by atoms with Gasteiger partial charge in [-0.15, -0.1) is 0 Å². The van der Waals surface area contributed by atoms with Crippen LogP contribution in [0.25, 0.3) is 90.9 Å². The molecular formula is C44H26Br4N4O4. The van der Waals surface area contributed by atoms with E-state index < -0.39 is 0 Å². The number of halogens is 4. The van der Waals surface area contributed by atoms with E-state index in [9.17, 15) is 20.4 Å². The highest BCUT2D eigenvalue weighted by molar-refractivity contribution is 9.11. The lowest BCUT2D eigenvalue weighted by Gasteiger charge is -2.08. The van der Waals surface area contributed by atoms with Crippen molar-refractivity contribution in [1.29, 1.82) is 0 Å². The second kappa shape index (κ2) is 14.3. The van der Waals surface area contributed by atoms with Gasteiger partial charge in [0.1, 0.15) is 23.0 Å². The molecule has 9 rings (SSSR count). The lowest BCUT2D eigenvalue weighted by Crippen LogP contribution is -1.90. The molecule has 0 atom stereocenters. The Hall–Kier alpha value is -5.40. The Morgan fingerprint density at radius 1 is 0.339 bits per heavy atom. The van der Waals surface area contributed by atoms with Crippen molar-refractivity contribution < 1.29 is 20.4 Å². The molecule has 0 spiro atoms. The third-order valence-corrected chi connectivity index (χ3v) is 12.2. The zero-order chi connectivity index (χ0) is 38.8. The van der Waals surface area contributed by atoms with Crippen molar-refractivity contribution in [1.82, 2.24) is 19.9 Å². The number of fused-ring (bicyclic) bond motifs is 8. The van der Waals surface area contributed by atoms with Crippen molar-refractivity contribution in [2.24, 2.45) is 0 Å². The number of phenols is 4. The van der Waals surface area contributed by atoms with Gasteiger partial charge in [0.2, 0.25) is 0 Å². The minimum Gasteiger partial charge on any atom is -0.507 e. The van der Waals surface area contributed by atoms with Gasteiger partial charge in [0.15, 0.2) is 0 Å². The van der Waals surface area contributed by atoms with Gasteiger partial charge < -0.3 is 30.4 Å². The molecule has 0 fully saturated rings. The summed E-state index contributed by atoms with van der Waals surface area (Å²) in [5, 5.41) is 41.8. The zero-order valence-electron chi connectivity index (χ0n) is 28.7. The molecule has 5 heterocycles. The van der Waals surface area contributed by atoms with E-state index in [1.807, 2.05) is 97.1 Å². The number of aromatic hydroxyl groups is 4. The first-order chi connectivity index (χ1) is 27.0. The Morgan fingerprint density at radius 3 is 0.786 bits per heavy atom. The predicted molar refractivity (Wildman–Crippen MR) is 238 cm³/mol. The molecule has 7 aromatic rings. The van der Waals surface area contributed by atoms with Crippen LogP contribution in [0.2, 0.25) is 0 Å². The average Bonchev–Trinajstić information content (AvgIpc) is 4.02. The summed E-state index contributed by atoms with van der Waals surface area (Å²) in [6.07, 6.45) is 7.89. The Bertz CT molecular complexity index is 2640. The SMILES string of the molecule is Oc1ccc(-c2c3nc(c(-c4ccc(O)c(Br)c4)c4ccc([nH]4)c(-c4ccc(O)c(Br)c4)c4nc(c(-c5ccc(O)c(Br)c5)c5ccc2[nH]5)C=C4)C=C3)cc1Br. The van der Waals surface area contributed by atoms with Crippen LogP contribution in [0, 0.1) is 0 Å². The second-order valence-corrected chi connectivity index (χ2v) is 16.6. The molecule has 274 valence electrons. The van der Waals surface area contributed by atoms with Crippen molar-refractivity contribution in [2.75, 3.05) is 0 Å². The van der Waals surface area contributed by atoms with Crippen LogP contribution >= 0.6 is 63.7 Å². The first-order valence-electron chi connectivity index (χ1n) is 17.1. The molecule has 2 aliphatic heterocycles. The molecule has 8 nitrogen and oxygen atoms in total. The topological polar surface area (TPSA) is 138 Å². The maximum atomic E-state index is 10.5. The number of benzene rings is 4. The maximum absolute atomic E-state index is 10.5. The fourth-order valence-corrected chi connectivity index (χ4v) is 8.59. The number of nitrogens with one attached hydrogen (secondary N) is 2. The molecule has 0 saturated carbocycles. The first kappa shape index (κ1) is 36.3.